The maximum absolute atomic E-state index is 13.5. The molecule has 3 atom stereocenters. The summed E-state index contributed by atoms with van der Waals surface area (Å²) in [6, 6.07) is 6.51. The number of carbonyl (C=O) groups is 1. The van der Waals surface area contributed by atoms with Gasteiger partial charge in [-0.3, -0.25) is 10.1 Å². The van der Waals surface area contributed by atoms with E-state index in [1.165, 1.54) is 12.1 Å². The minimum absolute atomic E-state index is 0.111. The Morgan fingerprint density at radius 3 is 2.71 bits per heavy atom. The second-order valence-electron chi connectivity index (χ2n) is 6.26. The van der Waals surface area contributed by atoms with Gasteiger partial charge in [0.2, 0.25) is 5.91 Å². The van der Waals surface area contributed by atoms with Crippen molar-refractivity contribution in [3.05, 3.63) is 35.6 Å². The van der Waals surface area contributed by atoms with Crippen molar-refractivity contribution in [1.29, 1.82) is 0 Å². The molecule has 1 fully saturated rings. The molecule has 0 saturated carbocycles. The van der Waals surface area contributed by atoms with Crippen LogP contribution in [0.4, 0.5) is 4.39 Å². The minimum atomic E-state index is -0.565. The molecule has 1 aromatic rings. The largest absolute Gasteiger partial charge is 0.321 e. The van der Waals surface area contributed by atoms with Crippen LogP contribution >= 0.6 is 0 Å². The van der Waals surface area contributed by atoms with Gasteiger partial charge in [-0.05, 0) is 37.0 Å². The lowest BCUT2D eigenvalue weighted by molar-refractivity contribution is -0.133. The molecule has 1 amide bonds. The van der Waals surface area contributed by atoms with Crippen LogP contribution in [-0.2, 0) is 4.79 Å². The van der Waals surface area contributed by atoms with Crippen LogP contribution in [0.3, 0.4) is 0 Å². The fourth-order valence-electron chi connectivity index (χ4n) is 2.72. The summed E-state index contributed by atoms with van der Waals surface area (Å²) in [4.78, 5) is 14.6. The molecule has 116 valence electrons. The maximum atomic E-state index is 13.5. The summed E-state index contributed by atoms with van der Waals surface area (Å²) in [6.07, 6.45) is 1.49. The normalized spacial score (nSPS) is 27.2. The minimum Gasteiger partial charge on any atom is -0.321 e. The molecule has 0 aromatic heterocycles. The molecule has 0 spiro atoms. The van der Waals surface area contributed by atoms with Crippen molar-refractivity contribution in [3.63, 3.8) is 0 Å². The lowest BCUT2D eigenvalue weighted by Crippen LogP contribution is -2.43. The van der Waals surface area contributed by atoms with Gasteiger partial charge in [-0.25, -0.2) is 4.39 Å². The lowest BCUT2D eigenvalue weighted by atomic mass is 9.99. The summed E-state index contributed by atoms with van der Waals surface area (Å²) in [5, 5.41) is 3.40. The van der Waals surface area contributed by atoms with Gasteiger partial charge in [0.25, 0.3) is 0 Å². The maximum Gasteiger partial charge on any atom is 0.244 e. The first-order valence-electron chi connectivity index (χ1n) is 7.75. The van der Waals surface area contributed by atoms with Crippen LogP contribution in [-0.4, -0.2) is 22.9 Å². The van der Waals surface area contributed by atoms with Crippen LogP contribution in [0.5, 0.6) is 0 Å². The first-order valence-corrected chi connectivity index (χ1v) is 7.75. The fraction of sp³-hybridized carbons (Fsp3) is 0.588. The van der Waals surface area contributed by atoms with E-state index in [0.717, 1.165) is 12.0 Å². The number of hydrogen-bond acceptors (Lipinski definition) is 2. The Kier molecular flexibility index (Phi) is 4.67. The second kappa shape index (κ2) is 6.14. The lowest BCUT2D eigenvalue weighted by Gasteiger charge is -2.27. The van der Waals surface area contributed by atoms with Crippen molar-refractivity contribution in [2.45, 2.75) is 52.2 Å². The summed E-state index contributed by atoms with van der Waals surface area (Å²) in [6.45, 7) is 8.88. The molecular weight excluding hydrogens is 267 g/mol. The Balaban J connectivity index is 2.34. The van der Waals surface area contributed by atoms with Gasteiger partial charge in [0.05, 0.1) is 5.54 Å². The molecule has 0 bridgehead atoms. The van der Waals surface area contributed by atoms with Crippen LogP contribution in [0, 0.1) is 11.7 Å². The Hall–Kier alpha value is -1.42. The predicted octanol–water partition coefficient (Wildman–Crippen LogP) is 3.47. The predicted molar refractivity (Wildman–Crippen MR) is 82.1 cm³/mol. The molecule has 1 N–H and O–H groups in total. The number of carbonyl (C=O) groups excluding carboxylic acids is 1. The van der Waals surface area contributed by atoms with Crippen LogP contribution in [0.2, 0.25) is 0 Å². The number of halogens is 1. The van der Waals surface area contributed by atoms with Crippen molar-refractivity contribution >= 4 is 5.91 Å². The van der Waals surface area contributed by atoms with Gasteiger partial charge in [0.1, 0.15) is 12.0 Å². The van der Waals surface area contributed by atoms with E-state index in [1.807, 2.05) is 24.8 Å². The second-order valence-corrected chi connectivity index (χ2v) is 6.26. The van der Waals surface area contributed by atoms with E-state index in [-0.39, 0.29) is 17.9 Å². The topological polar surface area (TPSA) is 32.3 Å². The molecule has 0 radical (unpaired) electrons. The Morgan fingerprint density at radius 1 is 1.43 bits per heavy atom. The molecule has 0 aliphatic carbocycles. The van der Waals surface area contributed by atoms with Gasteiger partial charge in [-0.15, -0.1) is 0 Å². The van der Waals surface area contributed by atoms with Gasteiger partial charge >= 0.3 is 0 Å². The van der Waals surface area contributed by atoms with Crippen molar-refractivity contribution in [2.75, 3.05) is 6.54 Å². The number of amides is 1. The quantitative estimate of drug-likeness (QED) is 0.901. The summed E-state index contributed by atoms with van der Waals surface area (Å²) < 4.78 is 13.5. The van der Waals surface area contributed by atoms with Crippen LogP contribution in [0.1, 0.15) is 52.3 Å². The highest BCUT2D eigenvalue weighted by molar-refractivity contribution is 5.88. The monoisotopic (exact) mass is 292 g/mol. The van der Waals surface area contributed by atoms with Gasteiger partial charge in [-0.2, -0.15) is 0 Å². The zero-order valence-corrected chi connectivity index (χ0v) is 13.3. The number of hydrogen-bond donors (Lipinski definition) is 1. The van der Waals surface area contributed by atoms with E-state index in [4.69, 9.17) is 0 Å². The Morgan fingerprint density at radius 2 is 2.14 bits per heavy atom. The zero-order valence-electron chi connectivity index (χ0n) is 13.3. The van der Waals surface area contributed by atoms with E-state index in [0.29, 0.717) is 18.9 Å². The SMILES string of the molecule is CCC(C)CN1C(=O)C(C)(CC)NC1c1cccc(F)c1. The molecule has 2 rings (SSSR count). The van der Waals surface area contributed by atoms with E-state index in [2.05, 4.69) is 19.2 Å². The number of benzene rings is 1. The first-order chi connectivity index (χ1) is 9.91. The van der Waals surface area contributed by atoms with Gasteiger partial charge in [0.15, 0.2) is 0 Å². The van der Waals surface area contributed by atoms with Crippen LogP contribution < -0.4 is 5.32 Å². The van der Waals surface area contributed by atoms with Crippen molar-refractivity contribution in [3.8, 4) is 0 Å². The third kappa shape index (κ3) is 3.10. The summed E-state index contributed by atoms with van der Waals surface area (Å²) >= 11 is 0. The summed E-state index contributed by atoms with van der Waals surface area (Å²) in [5.41, 5.74) is 0.244. The van der Waals surface area contributed by atoms with Crippen molar-refractivity contribution in [2.24, 2.45) is 5.92 Å². The van der Waals surface area contributed by atoms with Crippen LogP contribution in [0.25, 0.3) is 0 Å². The van der Waals surface area contributed by atoms with Gasteiger partial charge in [0, 0.05) is 6.54 Å². The fourth-order valence-corrected chi connectivity index (χ4v) is 2.72. The van der Waals surface area contributed by atoms with Crippen molar-refractivity contribution < 1.29 is 9.18 Å². The van der Waals surface area contributed by atoms with E-state index < -0.39 is 5.54 Å². The smallest absolute Gasteiger partial charge is 0.244 e. The molecule has 3 unspecified atom stereocenters. The number of nitrogens with zero attached hydrogens (tertiary/aromatic N) is 1. The van der Waals surface area contributed by atoms with Gasteiger partial charge < -0.3 is 4.90 Å². The molecule has 3 nitrogen and oxygen atoms in total. The highest BCUT2D eigenvalue weighted by atomic mass is 19.1. The molecule has 1 aromatic carbocycles. The third-order valence-corrected chi connectivity index (χ3v) is 4.58. The van der Waals surface area contributed by atoms with Crippen molar-refractivity contribution in [1.82, 2.24) is 10.2 Å². The van der Waals surface area contributed by atoms with E-state index >= 15 is 0 Å². The molecule has 21 heavy (non-hydrogen) atoms. The Bertz CT molecular complexity index is 519. The number of rotatable bonds is 5. The van der Waals surface area contributed by atoms with E-state index in [9.17, 15) is 9.18 Å². The summed E-state index contributed by atoms with van der Waals surface area (Å²) in [7, 11) is 0. The highest BCUT2D eigenvalue weighted by Gasteiger charge is 2.47. The average Bonchev–Trinajstić information content (AvgIpc) is 2.73. The molecular formula is C17H25FN2O. The Labute approximate surface area is 126 Å². The highest BCUT2D eigenvalue weighted by Crippen LogP contribution is 2.33. The molecule has 1 saturated heterocycles. The number of nitrogens with one attached hydrogen (secondary N) is 1. The average molecular weight is 292 g/mol. The standard InChI is InChI=1S/C17H25FN2O/c1-5-12(3)11-20-15(13-8-7-9-14(18)10-13)19-17(4,6-2)16(20)21/h7-10,12,15,19H,5-6,11H2,1-4H3. The third-order valence-electron chi connectivity index (χ3n) is 4.58. The van der Waals surface area contributed by atoms with Gasteiger partial charge in [-0.1, -0.05) is 39.3 Å². The summed E-state index contributed by atoms with van der Waals surface area (Å²) in [5.74, 6) is 0.265. The molecule has 1 aliphatic rings. The van der Waals surface area contributed by atoms with Crippen LogP contribution in [0.15, 0.2) is 24.3 Å². The molecule has 1 aliphatic heterocycles. The molecule has 1 heterocycles. The van der Waals surface area contributed by atoms with E-state index in [1.54, 1.807) is 6.07 Å². The molecule has 4 heteroatoms. The first kappa shape index (κ1) is 16.0. The zero-order chi connectivity index (χ0) is 15.6.